The number of hydrogen-bond donors (Lipinski definition) is 0. The molecular weight excluding hydrogens is 566 g/mol. The van der Waals surface area contributed by atoms with Gasteiger partial charge in [0.05, 0.1) is 27.8 Å². The Balaban J connectivity index is 1.49. The number of benzene rings is 2. The molecule has 1 atom stereocenters. The number of ether oxygens (including phenoxy) is 1. The fourth-order valence-corrected chi connectivity index (χ4v) is 5.08. The first-order chi connectivity index (χ1) is 16.4. The summed E-state index contributed by atoms with van der Waals surface area (Å²) in [5.41, 5.74) is 0.324. The minimum Gasteiger partial charge on any atom is -0.444 e. The largest absolute Gasteiger partial charge is 0.444 e. The summed E-state index contributed by atoms with van der Waals surface area (Å²) < 4.78 is 22.9. The third kappa shape index (κ3) is 4.07. The number of carbonyl (C=O) groups is 2. The third-order valence-electron chi connectivity index (χ3n) is 6.18. The van der Waals surface area contributed by atoms with Crippen molar-refractivity contribution in [1.82, 2.24) is 14.5 Å². The summed E-state index contributed by atoms with van der Waals surface area (Å²) in [5.74, 6) is -0.856. The van der Waals surface area contributed by atoms with E-state index in [0.717, 1.165) is 3.57 Å². The summed E-state index contributed by atoms with van der Waals surface area (Å²) in [7, 11) is 0. The van der Waals surface area contributed by atoms with Gasteiger partial charge in [-0.25, -0.2) is 14.2 Å². The Bertz CT molecular complexity index is 1460. The average molecular weight is 590 g/mol. The number of anilines is 1. The number of aromatic nitrogens is 2. The van der Waals surface area contributed by atoms with Gasteiger partial charge in [-0.1, -0.05) is 0 Å². The van der Waals surface area contributed by atoms with E-state index in [1.807, 2.05) is 32.6 Å². The molecule has 3 aromatic rings. The molecule has 0 saturated carbocycles. The van der Waals surface area contributed by atoms with Gasteiger partial charge in [0.1, 0.15) is 11.4 Å². The van der Waals surface area contributed by atoms with Crippen molar-refractivity contribution in [2.75, 3.05) is 24.5 Å². The highest BCUT2D eigenvalue weighted by Crippen LogP contribution is 2.31. The van der Waals surface area contributed by atoms with Gasteiger partial charge in [-0.15, -0.1) is 0 Å². The lowest BCUT2D eigenvalue weighted by molar-refractivity contribution is 0.0158. The van der Waals surface area contributed by atoms with E-state index in [9.17, 15) is 14.4 Å². The Labute approximate surface area is 214 Å². The van der Waals surface area contributed by atoms with Crippen LogP contribution in [0.15, 0.2) is 35.1 Å². The number of halogens is 2. The van der Waals surface area contributed by atoms with Crippen LogP contribution in [-0.2, 0) is 4.74 Å². The molecule has 0 radical (unpaired) electrons. The molecule has 1 fully saturated rings. The molecule has 2 aromatic carbocycles. The molecule has 2 aliphatic heterocycles. The van der Waals surface area contributed by atoms with Crippen molar-refractivity contribution in [3.05, 3.63) is 61.5 Å². The number of ketones is 1. The zero-order valence-electron chi connectivity index (χ0n) is 19.8. The van der Waals surface area contributed by atoms with Crippen LogP contribution >= 0.6 is 22.6 Å². The van der Waals surface area contributed by atoms with Gasteiger partial charge < -0.3 is 14.5 Å². The van der Waals surface area contributed by atoms with Crippen molar-refractivity contribution < 1.29 is 18.7 Å². The highest BCUT2D eigenvalue weighted by Gasteiger charge is 2.33. The summed E-state index contributed by atoms with van der Waals surface area (Å²) in [6.07, 6.45) is -0.401. The SMILES string of the molecule is CC1CN(c2cc3nc4n(c(=O)c3cc2F)-c2ccc(I)cc2C4=O)CCN1C(=O)OC(C)(C)C. The number of rotatable bonds is 1. The Kier molecular flexibility index (Phi) is 5.61. The molecule has 1 saturated heterocycles. The molecule has 0 spiro atoms. The summed E-state index contributed by atoms with van der Waals surface area (Å²) >= 11 is 2.11. The van der Waals surface area contributed by atoms with E-state index in [-0.39, 0.29) is 34.2 Å². The molecule has 0 bridgehead atoms. The second kappa shape index (κ2) is 8.28. The predicted molar refractivity (Wildman–Crippen MR) is 138 cm³/mol. The van der Waals surface area contributed by atoms with Crippen molar-refractivity contribution in [2.24, 2.45) is 0 Å². The quantitative estimate of drug-likeness (QED) is 0.311. The molecular formula is C25H24FIN4O4. The van der Waals surface area contributed by atoms with Crippen molar-refractivity contribution in [2.45, 2.75) is 39.3 Å². The first-order valence-corrected chi connectivity index (χ1v) is 12.4. The van der Waals surface area contributed by atoms with E-state index < -0.39 is 23.1 Å². The van der Waals surface area contributed by atoms with Gasteiger partial charge in [0, 0.05) is 29.2 Å². The molecule has 0 N–H and O–H groups in total. The minimum atomic E-state index is -0.603. The van der Waals surface area contributed by atoms with E-state index in [2.05, 4.69) is 27.6 Å². The standard InChI is InChI=1S/C25H24FIN4O4/c1-13-12-29(7-8-30(13)24(34)35-25(2,3)4)20-11-18-15(10-17(20)26)23(33)31-19-6-5-14(27)9-16(19)21(32)22(31)28-18/h5-6,9-11,13H,7-8,12H2,1-4H3. The van der Waals surface area contributed by atoms with E-state index in [0.29, 0.717) is 30.9 Å². The number of fused-ring (bicyclic) bond motifs is 4. The maximum Gasteiger partial charge on any atom is 0.410 e. The third-order valence-corrected chi connectivity index (χ3v) is 6.85. The lowest BCUT2D eigenvalue weighted by Crippen LogP contribution is -2.55. The molecule has 10 heteroatoms. The van der Waals surface area contributed by atoms with E-state index in [1.165, 1.54) is 16.7 Å². The van der Waals surface area contributed by atoms with Crippen LogP contribution in [0.2, 0.25) is 0 Å². The van der Waals surface area contributed by atoms with Gasteiger partial charge in [0.25, 0.3) is 5.56 Å². The first kappa shape index (κ1) is 23.7. The van der Waals surface area contributed by atoms with Crippen LogP contribution < -0.4 is 10.5 Å². The van der Waals surface area contributed by atoms with Gasteiger partial charge in [0.2, 0.25) is 5.78 Å². The Morgan fingerprint density at radius 2 is 1.89 bits per heavy atom. The fourth-order valence-electron chi connectivity index (χ4n) is 4.59. The molecule has 3 heterocycles. The van der Waals surface area contributed by atoms with Crippen molar-refractivity contribution in [1.29, 1.82) is 0 Å². The molecule has 2 aliphatic rings. The monoisotopic (exact) mass is 590 g/mol. The van der Waals surface area contributed by atoms with Crippen LogP contribution in [0.25, 0.3) is 16.6 Å². The zero-order chi connectivity index (χ0) is 25.2. The second-order valence-electron chi connectivity index (χ2n) is 9.86. The Hall–Kier alpha value is -3.02. The van der Waals surface area contributed by atoms with Gasteiger partial charge in [-0.05, 0) is 80.6 Å². The van der Waals surface area contributed by atoms with Crippen LogP contribution in [0.5, 0.6) is 0 Å². The normalized spacial score (nSPS) is 17.5. The molecule has 1 unspecified atom stereocenters. The lowest BCUT2D eigenvalue weighted by Gasteiger charge is -2.41. The minimum absolute atomic E-state index is 0.0279. The summed E-state index contributed by atoms with van der Waals surface area (Å²) in [6, 6.07) is 7.72. The van der Waals surface area contributed by atoms with Gasteiger partial charge in [0.15, 0.2) is 5.82 Å². The zero-order valence-corrected chi connectivity index (χ0v) is 21.9. The number of nitrogens with zero attached hydrogens (tertiary/aromatic N) is 4. The van der Waals surface area contributed by atoms with Crippen LogP contribution in [0.4, 0.5) is 14.9 Å². The Morgan fingerprint density at radius 1 is 1.14 bits per heavy atom. The van der Waals surface area contributed by atoms with Gasteiger partial charge in [-0.3, -0.25) is 14.2 Å². The Morgan fingerprint density at radius 3 is 2.57 bits per heavy atom. The summed E-state index contributed by atoms with van der Waals surface area (Å²) in [6.45, 7) is 8.45. The second-order valence-corrected chi connectivity index (χ2v) is 11.1. The molecule has 1 aromatic heterocycles. The van der Waals surface area contributed by atoms with Crippen LogP contribution in [0.3, 0.4) is 0 Å². The first-order valence-electron chi connectivity index (χ1n) is 11.3. The van der Waals surface area contributed by atoms with Crippen molar-refractivity contribution in [3.8, 4) is 5.69 Å². The van der Waals surface area contributed by atoms with Gasteiger partial charge in [-0.2, -0.15) is 0 Å². The summed E-state index contributed by atoms with van der Waals surface area (Å²) in [4.78, 5) is 46.7. The lowest BCUT2D eigenvalue weighted by atomic mass is 10.1. The molecule has 1 amide bonds. The van der Waals surface area contributed by atoms with Crippen molar-refractivity contribution in [3.63, 3.8) is 0 Å². The van der Waals surface area contributed by atoms with E-state index in [4.69, 9.17) is 4.74 Å². The number of carbonyl (C=O) groups excluding carboxylic acids is 2. The molecule has 5 rings (SSSR count). The molecule has 182 valence electrons. The maximum atomic E-state index is 15.3. The topological polar surface area (TPSA) is 84.7 Å². The average Bonchev–Trinajstić information content (AvgIpc) is 3.04. The smallest absolute Gasteiger partial charge is 0.410 e. The maximum absolute atomic E-state index is 15.3. The number of amides is 1. The van der Waals surface area contributed by atoms with E-state index in [1.54, 1.807) is 23.1 Å². The van der Waals surface area contributed by atoms with Crippen LogP contribution in [-0.4, -0.2) is 57.6 Å². The van der Waals surface area contributed by atoms with E-state index >= 15 is 4.39 Å². The van der Waals surface area contributed by atoms with Crippen LogP contribution in [0, 0.1) is 9.39 Å². The molecule has 35 heavy (non-hydrogen) atoms. The van der Waals surface area contributed by atoms with Gasteiger partial charge >= 0.3 is 6.09 Å². The summed E-state index contributed by atoms with van der Waals surface area (Å²) in [5, 5.41) is 0.106. The highest BCUT2D eigenvalue weighted by atomic mass is 127. The highest BCUT2D eigenvalue weighted by molar-refractivity contribution is 14.1. The number of piperazine rings is 1. The predicted octanol–water partition coefficient (Wildman–Crippen LogP) is 4.12. The fraction of sp³-hybridized carbons (Fsp3) is 0.360. The molecule has 8 nitrogen and oxygen atoms in total. The number of hydrogen-bond acceptors (Lipinski definition) is 6. The van der Waals surface area contributed by atoms with Crippen molar-refractivity contribution >= 4 is 51.1 Å². The van der Waals surface area contributed by atoms with Crippen LogP contribution in [0.1, 0.15) is 43.9 Å². The molecule has 0 aliphatic carbocycles.